The number of aliphatic hydroxyl groups is 1. The van der Waals surface area contributed by atoms with Crippen molar-refractivity contribution >= 4 is 54.5 Å². The fourth-order valence-electron chi connectivity index (χ4n) is 2.89. The average molecular weight is 463 g/mol. The molecule has 24 heavy (non-hydrogen) atoms. The highest BCUT2D eigenvalue weighted by molar-refractivity contribution is 9.13. The molecule has 1 fully saturated rings. The molecular weight excluding hydrogens is 446 g/mol. The van der Waals surface area contributed by atoms with E-state index in [1.54, 1.807) is 13.0 Å². The van der Waals surface area contributed by atoms with Crippen LogP contribution in [-0.4, -0.2) is 51.9 Å². The first-order valence-electron chi connectivity index (χ1n) is 7.56. The zero-order valence-electron chi connectivity index (χ0n) is 13.0. The topological polar surface area (TPSA) is 96.5 Å². The van der Waals surface area contributed by atoms with Gasteiger partial charge in [-0.2, -0.15) is 0 Å². The van der Waals surface area contributed by atoms with Gasteiger partial charge < -0.3 is 19.9 Å². The molecule has 1 atom stereocenters. The highest BCUT2D eigenvalue weighted by Crippen LogP contribution is 2.40. The van der Waals surface area contributed by atoms with E-state index in [2.05, 4.69) is 47.1 Å². The van der Waals surface area contributed by atoms with Gasteiger partial charge in [0.05, 0.1) is 23.1 Å². The van der Waals surface area contributed by atoms with Gasteiger partial charge in [0.2, 0.25) is 5.95 Å². The molecule has 1 saturated heterocycles. The largest absolute Gasteiger partial charge is 0.392 e. The predicted molar refractivity (Wildman–Crippen MR) is 98.6 cm³/mol. The van der Waals surface area contributed by atoms with E-state index >= 15 is 0 Å². The van der Waals surface area contributed by atoms with E-state index in [1.807, 2.05) is 4.57 Å². The second-order valence-electron chi connectivity index (χ2n) is 5.75. The third kappa shape index (κ3) is 3.15. The number of benzene rings is 1. The van der Waals surface area contributed by atoms with E-state index in [0.29, 0.717) is 32.5 Å². The van der Waals surface area contributed by atoms with Gasteiger partial charge in [0.15, 0.2) is 5.52 Å². The van der Waals surface area contributed by atoms with Crippen molar-refractivity contribution in [3.05, 3.63) is 25.1 Å². The van der Waals surface area contributed by atoms with Crippen LogP contribution in [0, 0.1) is 10.1 Å². The lowest BCUT2D eigenvalue weighted by Gasteiger charge is -2.29. The third-order valence-electron chi connectivity index (χ3n) is 3.92. The first-order chi connectivity index (χ1) is 11.4. The van der Waals surface area contributed by atoms with Crippen LogP contribution in [0.4, 0.5) is 11.6 Å². The molecule has 2 aromatic rings. The Morgan fingerprint density at radius 2 is 2.12 bits per heavy atom. The van der Waals surface area contributed by atoms with Crippen LogP contribution in [0.3, 0.4) is 0 Å². The number of rotatable bonds is 4. The van der Waals surface area contributed by atoms with Crippen molar-refractivity contribution < 1.29 is 10.0 Å². The number of aromatic nitrogens is 2. The fraction of sp³-hybridized carbons (Fsp3) is 0.500. The van der Waals surface area contributed by atoms with Crippen molar-refractivity contribution in [1.82, 2.24) is 14.9 Å². The van der Waals surface area contributed by atoms with Crippen molar-refractivity contribution in [2.45, 2.75) is 19.6 Å². The number of anilines is 1. The molecule has 0 bridgehead atoms. The van der Waals surface area contributed by atoms with Crippen LogP contribution in [0.25, 0.3) is 11.0 Å². The standard InChI is InChI=1S/C14H17Br2N5O3/c1-8(22)7-20-10-6-9(15)11(16)13(21(23)24)12(10)18-14(20)19-4-2-17-3-5-19/h6,8,17,22H,2-5,7H2,1H3. The quantitative estimate of drug-likeness (QED) is 0.534. The Balaban J connectivity index is 2.26. The molecule has 3 rings (SSSR count). The number of nitro groups is 1. The lowest BCUT2D eigenvalue weighted by molar-refractivity contribution is -0.384. The van der Waals surface area contributed by atoms with Crippen molar-refractivity contribution in [3.63, 3.8) is 0 Å². The molecule has 0 saturated carbocycles. The first kappa shape index (κ1) is 17.6. The molecule has 1 aromatic carbocycles. The van der Waals surface area contributed by atoms with Crippen molar-refractivity contribution in [2.24, 2.45) is 0 Å². The Morgan fingerprint density at radius 3 is 2.71 bits per heavy atom. The molecule has 0 amide bonds. The maximum absolute atomic E-state index is 11.5. The molecule has 0 spiro atoms. The van der Waals surface area contributed by atoms with Gasteiger partial charge in [-0.1, -0.05) is 0 Å². The summed E-state index contributed by atoms with van der Waals surface area (Å²) in [5, 5.41) is 24.7. The van der Waals surface area contributed by atoms with Crippen molar-refractivity contribution in [1.29, 1.82) is 0 Å². The van der Waals surface area contributed by atoms with Crippen LogP contribution >= 0.6 is 31.9 Å². The lowest BCUT2D eigenvalue weighted by atomic mass is 10.2. The molecule has 2 heterocycles. The molecule has 1 aliphatic rings. The molecular formula is C14H17Br2N5O3. The summed E-state index contributed by atoms with van der Waals surface area (Å²) in [6.07, 6.45) is -0.592. The van der Waals surface area contributed by atoms with Crippen LogP contribution in [0.1, 0.15) is 6.92 Å². The highest BCUT2D eigenvalue weighted by Gasteiger charge is 2.28. The Hall–Kier alpha value is -1.23. The molecule has 0 radical (unpaired) electrons. The summed E-state index contributed by atoms with van der Waals surface area (Å²) in [6, 6.07) is 1.80. The molecule has 2 N–H and O–H groups in total. The van der Waals surface area contributed by atoms with Gasteiger partial charge in [-0.05, 0) is 44.8 Å². The summed E-state index contributed by atoms with van der Waals surface area (Å²) in [4.78, 5) is 17.8. The number of nitrogens with one attached hydrogen (secondary N) is 1. The number of hydrogen-bond acceptors (Lipinski definition) is 6. The summed E-state index contributed by atoms with van der Waals surface area (Å²) < 4.78 is 2.81. The Morgan fingerprint density at radius 1 is 1.46 bits per heavy atom. The minimum Gasteiger partial charge on any atom is -0.392 e. The Bertz CT molecular complexity index is 787. The minimum atomic E-state index is -0.592. The molecule has 1 aliphatic heterocycles. The molecule has 1 aromatic heterocycles. The summed E-state index contributed by atoms with van der Waals surface area (Å²) in [5.41, 5.74) is 0.885. The second-order valence-corrected chi connectivity index (χ2v) is 7.40. The molecule has 8 nitrogen and oxygen atoms in total. The zero-order valence-corrected chi connectivity index (χ0v) is 16.2. The summed E-state index contributed by atoms with van der Waals surface area (Å²) >= 11 is 6.63. The fourth-order valence-corrected chi connectivity index (χ4v) is 3.74. The zero-order chi connectivity index (χ0) is 17.4. The third-order valence-corrected chi connectivity index (χ3v) is 5.88. The first-order valence-corrected chi connectivity index (χ1v) is 9.15. The minimum absolute atomic E-state index is 0.0693. The van der Waals surface area contributed by atoms with Gasteiger partial charge in [-0.3, -0.25) is 10.1 Å². The SMILES string of the molecule is CC(O)Cn1c(N2CCNCC2)nc2c([N+](=O)[O-])c(Br)c(Br)cc21. The van der Waals surface area contributed by atoms with Gasteiger partial charge in [0, 0.05) is 30.7 Å². The molecule has 0 aliphatic carbocycles. The van der Waals surface area contributed by atoms with Crippen LogP contribution < -0.4 is 10.2 Å². The smallest absolute Gasteiger partial charge is 0.312 e. The summed E-state index contributed by atoms with van der Waals surface area (Å²) in [6.45, 7) is 5.19. The van der Waals surface area contributed by atoms with E-state index in [4.69, 9.17) is 0 Å². The van der Waals surface area contributed by atoms with Gasteiger partial charge in [-0.25, -0.2) is 4.98 Å². The maximum Gasteiger partial charge on any atom is 0.312 e. The Labute approximate surface area is 155 Å². The summed E-state index contributed by atoms with van der Waals surface area (Å²) in [7, 11) is 0. The van der Waals surface area contributed by atoms with E-state index in [-0.39, 0.29) is 5.69 Å². The van der Waals surface area contributed by atoms with E-state index < -0.39 is 11.0 Å². The maximum atomic E-state index is 11.5. The second kappa shape index (κ2) is 6.95. The number of nitro benzene ring substituents is 1. The van der Waals surface area contributed by atoms with Crippen LogP contribution in [-0.2, 0) is 6.54 Å². The number of imidazole rings is 1. The number of nitrogens with zero attached hydrogens (tertiary/aromatic N) is 4. The van der Waals surface area contributed by atoms with Gasteiger partial charge in [0.1, 0.15) is 4.47 Å². The normalized spacial score (nSPS) is 16.6. The van der Waals surface area contributed by atoms with E-state index in [1.165, 1.54) is 0 Å². The van der Waals surface area contributed by atoms with Crippen LogP contribution in [0.2, 0.25) is 0 Å². The predicted octanol–water partition coefficient (Wildman–Crippen LogP) is 2.26. The van der Waals surface area contributed by atoms with E-state index in [0.717, 1.165) is 26.2 Å². The van der Waals surface area contributed by atoms with Crippen molar-refractivity contribution in [2.75, 3.05) is 31.1 Å². The van der Waals surface area contributed by atoms with Crippen LogP contribution in [0.5, 0.6) is 0 Å². The number of hydrogen-bond donors (Lipinski definition) is 2. The van der Waals surface area contributed by atoms with Gasteiger partial charge in [-0.15, -0.1) is 0 Å². The molecule has 1 unspecified atom stereocenters. The number of aliphatic hydroxyl groups excluding tert-OH is 1. The van der Waals surface area contributed by atoms with Crippen molar-refractivity contribution in [3.8, 4) is 0 Å². The number of halogens is 2. The monoisotopic (exact) mass is 461 g/mol. The highest BCUT2D eigenvalue weighted by atomic mass is 79.9. The molecule has 130 valence electrons. The number of fused-ring (bicyclic) bond motifs is 1. The van der Waals surface area contributed by atoms with Gasteiger partial charge in [0.25, 0.3) is 0 Å². The van der Waals surface area contributed by atoms with Gasteiger partial charge >= 0.3 is 5.69 Å². The van der Waals surface area contributed by atoms with E-state index in [9.17, 15) is 15.2 Å². The molecule has 10 heteroatoms. The Kier molecular flexibility index (Phi) is 5.09. The lowest BCUT2D eigenvalue weighted by Crippen LogP contribution is -2.44. The summed E-state index contributed by atoms with van der Waals surface area (Å²) in [5.74, 6) is 0.653. The number of piperazine rings is 1. The average Bonchev–Trinajstić information content (AvgIpc) is 2.86. The van der Waals surface area contributed by atoms with Crippen LogP contribution in [0.15, 0.2) is 15.0 Å².